The number of nitrogens with zero attached hydrogens (tertiary/aromatic N) is 1. The van der Waals surface area contributed by atoms with Gasteiger partial charge in [-0.05, 0) is 49.4 Å². The summed E-state index contributed by atoms with van der Waals surface area (Å²) in [6.07, 6.45) is 14.4. The second-order valence-corrected chi connectivity index (χ2v) is 11.3. The summed E-state index contributed by atoms with van der Waals surface area (Å²) in [6.45, 7) is 0.737. The van der Waals surface area contributed by atoms with Gasteiger partial charge in [-0.2, -0.15) is 0 Å². The lowest BCUT2D eigenvalue weighted by atomic mass is 9.75. The summed E-state index contributed by atoms with van der Waals surface area (Å²) in [5, 5.41) is 7.71. The molecule has 4 aliphatic rings. The van der Waals surface area contributed by atoms with E-state index in [4.69, 9.17) is 11.6 Å². The summed E-state index contributed by atoms with van der Waals surface area (Å²) in [5.74, 6) is 0.562. The van der Waals surface area contributed by atoms with Crippen molar-refractivity contribution in [3.63, 3.8) is 0 Å². The third-order valence-corrected chi connectivity index (χ3v) is 9.09. The van der Waals surface area contributed by atoms with Crippen molar-refractivity contribution in [3.8, 4) is 0 Å². The van der Waals surface area contributed by atoms with Gasteiger partial charge in [-0.3, -0.25) is 9.59 Å². The standard InChI is InChI=1S/C31H34ClN3O2/c32-25-16-9-15-23-28(25)34-27(20-10-3-1-4-11-20)24-18-19-35(29(23)24)31(37)22-14-7-8-17-26(22)33-30(36)21-12-5-2-6-13-21/h1-6,9-10,12-13,15-16,20,22,24,26-27,29,34H,7-8,11,14,17-19H2,(H,33,36)/t20?,22-,24+,26+,27-,29-/m0/s1. The zero-order valence-corrected chi connectivity index (χ0v) is 21.7. The van der Waals surface area contributed by atoms with Crippen LogP contribution in [0.2, 0.25) is 5.02 Å². The summed E-state index contributed by atoms with van der Waals surface area (Å²) in [5.41, 5.74) is 2.73. The summed E-state index contributed by atoms with van der Waals surface area (Å²) >= 11 is 6.71. The molecule has 2 aliphatic heterocycles. The molecule has 2 fully saturated rings. The highest BCUT2D eigenvalue weighted by Gasteiger charge is 2.49. The highest BCUT2D eigenvalue weighted by molar-refractivity contribution is 6.33. The zero-order valence-electron chi connectivity index (χ0n) is 21.0. The van der Waals surface area contributed by atoms with Gasteiger partial charge in [0.2, 0.25) is 5.91 Å². The Bertz CT molecular complexity index is 1230. The number of carbonyl (C=O) groups excluding carboxylic acids is 2. The fourth-order valence-electron chi connectivity index (χ4n) is 7.00. The minimum Gasteiger partial charge on any atom is -0.380 e. The molecule has 2 amide bonds. The maximum absolute atomic E-state index is 14.3. The first-order valence-electron chi connectivity index (χ1n) is 13.7. The first kappa shape index (κ1) is 24.3. The third-order valence-electron chi connectivity index (χ3n) is 8.78. The van der Waals surface area contributed by atoms with E-state index in [2.05, 4.69) is 45.9 Å². The van der Waals surface area contributed by atoms with Gasteiger partial charge in [-0.15, -0.1) is 0 Å². The van der Waals surface area contributed by atoms with Crippen LogP contribution in [-0.4, -0.2) is 35.3 Å². The number of fused-ring (bicyclic) bond motifs is 3. The Morgan fingerprint density at radius 3 is 2.62 bits per heavy atom. The first-order chi connectivity index (χ1) is 18.1. The molecule has 2 aromatic carbocycles. The second-order valence-electron chi connectivity index (χ2n) is 10.9. The molecule has 1 saturated heterocycles. The van der Waals surface area contributed by atoms with Crippen LogP contribution in [-0.2, 0) is 4.79 Å². The molecule has 0 spiro atoms. The van der Waals surface area contributed by atoms with Gasteiger partial charge >= 0.3 is 0 Å². The molecule has 2 N–H and O–H groups in total. The van der Waals surface area contributed by atoms with Crippen molar-refractivity contribution in [1.82, 2.24) is 10.2 Å². The number of allylic oxidation sites excluding steroid dienone is 3. The van der Waals surface area contributed by atoms with Gasteiger partial charge in [0.1, 0.15) is 0 Å². The largest absolute Gasteiger partial charge is 0.380 e. The number of amides is 2. The van der Waals surface area contributed by atoms with Crippen LogP contribution >= 0.6 is 11.6 Å². The zero-order chi connectivity index (χ0) is 25.4. The SMILES string of the molecule is O=C(N[C@@H]1CCCC[C@@H]1C(=O)N1CC[C@@H]2[C@H](C3C=CC=CC3)Nc3c(Cl)cccc3[C@@H]21)c1ccccc1. The fourth-order valence-corrected chi connectivity index (χ4v) is 7.23. The summed E-state index contributed by atoms with van der Waals surface area (Å²) < 4.78 is 0. The first-order valence-corrected chi connectivity index (χ1v) is 14.0. The smallest absolute Gasteiger partial charge is 0.251 e. The number of anilines is 1. The molecule has 2 aliphatic carbocycles. The van der Waals surface area contributed by atoms with Crippen molar-refractivity contribution in [2.75, 3.05) is 11.9 Å². The summed E-state index contributed by atoms with van der Waals surface area (Å²) in [7, 11) is 0. The molecule has 5 nitrogen and oxygen atoms in total. The maximum Gasteiger partial charge on any atom is 0.251 e. The van der Waals surface area contributed by atoms with Gasteiger partial charge in [-0.25, -0.2) is 0 Å². The van der Waals surface area contributed by atoms with Crippen LogP contribution in [0.25, 0.3) is 0 Å². The van der Waals surface area contributed by atoms with Crippen LogP contribution in [0, 0.1) is 17.8 Å². The number of likely N-dealkylation sites (tertiary alicyclic amines) is 1. The van der Waals surface area contributed by atoms with Crippen LogP contribution in [0.15, 0.2) is 72.8 Å². The van der Waals surface area contributed by atoms with Crippen LogP contribution in [0.5, 0.6) is 0 Å². The van der Waals surface area contributed by atoms with Crippen molar-refractivity contribution >= 4 is 29.1 Å². The van der Waals surface area contributed by atoms with Gasteiger partial charge in [0.05, 0.1) is 22.7 Å². The Morgan fingerprint density at radius 2 is 1.81 bits per heavy atom. The monoisotopic (exact) mass is 515 g/mol. The quantitative estimate of drug-likeness (QED) is 0.513. The van der Waals surface area contributed by atoms with E-state index in [0.717, 1.165) is 56.3 Å². The van der Waals surface area contributed by atoms with Crippen molar-refractivity contribution in [2.24, 2.45) is 17.8 Å². The highest BCUT2D eigenvalue weighted by Crippen LogP contribution is 2.51. The Balaban J connectivity index is 1.28. The molecular formula is C31H34ClN3O2. The van der Waals surface area contributed by atoms with Gasteiger partial charge in [0.15, 0.2) is 0 Å². The number of rotatable bonds is 4. The van der Waals surface area contributed by atoms with E-state index in [1.165, 1.54) is 0 Å². The Morgan fingerprint density at radius 1 is 0.973 bits per heavy atom. The predicted molar refractivity (Wildman–Crippen MR) is 147 cm³/mol. The average molecular weight is 516 g/mol. The Labute approximate surface area is 224 Å². The number of nitrogens with one attached hydrogen (secondary N) is 2. The Kier molecular flexibility index (Phi) is 6.81. The van der Waals surface area contributed by atoms with Gasteiger partial charge in [0.25, 0.3) is 5.91 Å². The van der Waals surface area contributed by atoms with E-state index in [1.54, 1.807) is 0 Å². The molecule has 6 heteroatoms. The molecular weight excluding hydrogens is 482 g/mol. The molecule has 37 heavy (non-hydrogen) atoms. The normalized spacial score (nSPS) is 30.2. The van der Waals surface area contributed by atoms with Crippen LogP contribution in [0.4, 0.5) is 5.69 Å². The number of para-hydroxylation sites is 1. The van der Waals surface area contributed by atoms with E-state index in [1.807, 2.05) is 42.5 Å². The molecule has 0 radical (unpaired) electrons. The van der Waals surface area contributed by atoms with E-state index in [9.17, 15) is 9.59 Å². The lowest BCUT2D eigenvalue weighted by Crippen LogP contribution is -2.51. The molecule has 1 unspecified atom stereocenters. The maximum atomic E-state index is 14.3. The third kappa shape index (κ3) is 4.59. The highest BCUT2D eigenvalue weighted by atomic mass is 35.5. The topological polar surface area (TPSA) is 61.4 Å². The average Bonchev–Trinajstić information content (AvgIpc) is 3.39. The predicted octanol–water partition coefficient (Wildman–Crippen LogP) is 6.14. The van der Waals surface area contributed by atoms with Gasteiger partial charge in [0, 0.05) is 36.0 Å². The van der Waals surface area contributed by atoms with E-state index < -0.39 is 0 Å². The lowest BCUT2D eigenvalue weighted by molar-refractivity contribution is -0.139. The van der Waals surface area contributed by atoms with Crippen LogP contribution in [0.1, 0.15) is 60.5 Å². The molecule has 2 aromatic rings. The fraction of sp³-hybridized carbons (Fsp3) is 0.419. The molecule has 192 valence electrons. The minimum absolute atomic E-state index is 0.000780. The number of hydrogen-bond donors (Lipinski definition) is 2. The lowest BCUT2D eigenvalue weighted by Gasteiger charge is -2.44. The molecule has 6 atom stereocenters. The number of carbonyl (C=O) groups is 2. The van der Waals surface area contributed by atoms with Crippen molar-refractivity contribution in [2.45, 2.75) is 56.7 Å². The summed E-state index contributed by atoms with van der Waals surface area (Å²) in [4.78, 5) is 29.4. The van der Waals surface area contributed by atoms with E-state index in [0.29, 0.717) is 22.4 Å². The molecule has 1 saturated carbocycles. The molecule has 2 heterocycles. The minimum atomic E-state index is -0.200. The van der Waals surface area contributed by atoms with Gasteiger partial charge in [-0.1, -0.05) is 79.1 Å². The van der Waals surface area contributed by atoms with Crippen LogP contribution < -0.4 is 10.6 Å². The second kappa shape index (κ2) is 10.4. The van der Waals surface area contributed by atoms with Gasteiger partial charge < -0.3 is 15.5 Å². The number of benzene rings is 2. The van der Waals surface area contributed by atoms with E-state index in [-0.39, 0.29) is 35.9 Å². The molecule has 6 rings (SSSR count). The van der Waals surface area contributed by atoms with E-state index >= 15 is 0 Å². The van der Waals surface area contributed by atoms with Crippen molar-refractivity contribution < 1.29 is 9.59 Å². The number of halogens is 1. The van der Waals surface area contributed by atoms with Crippen LogP contribution in [0.3, 0.4) is 0 Å². The Hall–Kier alpha value is -3.05. The molecule has 0 bridgehead atoms. The van der Waals surface area contributed by atoms with Crippen molar-refractivity contribution in [3.05, 3.63) is 89.0 Å². The van der Waals surface area contributed by atoms with Crippen molar-refractivity contribution in [1.29, 1.82) is 0 Å². The molecule has 0 aromatic heterocycles. The summed E-state index contributed by atoms with van der Waals surface area (Å²) in [6, 6.07) is 15.4. The number of hydrogen-bond acceptors (Lipinski definition) is 3.